The topological polar surface area (TPSA) is 68.2 Å². The first-order chi connectivity index (χ1) is 15.8. The molecule has 0 radical (unpaired) electrons. The average Bonchev–Trinajstić information content (AvgIpc) is 3.16. The number of ketones is 1. The standard InChI is InChI=1S/C27H40N2O4/c1-18(28-33-25(31)17-29-12-14-32-15-13-29)22-6-7-23-21-5-4-19-16-20(30)8-10-26(19,2)24(21)9-11-27(22,23)3/h16,21-24H,4-15,17H2,1-3H3/b28-18+/t21-,22+,23-,24-,26-,27+/m0/s1. The maximum atomic E-state index is 12.3. The number of nitrogens with zero attached hydrogens (tertiary/aromatic N) is 2. The molecule has 33 heavy (non-hydrogen) atoms. The fraction of sp³-hybridized carbons (Fsp3) is 0.815. The van der Waals surface area contributed by atoms with Gasteiger partial charge in [0.15, 0.2) is 5.78 Å². The Morgan fingerprint density at radius 1 is 1.12 bits per heavy atom. The van der Waals surface area contributed by atoms with Crippen molar-refractivity contribution in [1.82, 2.24) is 4.90 Å². The van der Waals surface area contributed by atoms with Crippen LogP contribution >= 0.6 is 0 Å². The van der Waals surface area contributed by atoms with Gasteiger partial charge >= 0.3 is 5.97 Å². The van der Waals surface area contributed by atoms with Gasteiger partial charge in [0, 0.05) is 25.4 Å². The lowest BCUT2D eigenvalue weighted by molar-refractivity contribution is -0.146. The molecule has 3 saturated carbocycles. The summed E-state index contributed by atoms with van der Waals surface area (Å²) in [6.45, 7) is 10.1. The van der Waals surface area contributed by atoms with Crippen LogP contribution in [0.4, 0.5) is 0 Å². The van der Waals surface area contributed by atoms with Crippen molar-refractivity contribution in [3.63, 3.8) is 0 Å². The lowest BCUT2D eigenvalue weighted by atomic mass is 9.46. The van der Waals surface area contributed by atoms with Gasteiger partial charge < -0.3 is 9.57 Å². The molecule has 0 N–H and O–H groups in total. The van der Waals surface area contributed by atoms with Crippen LogP contribution in [0.15, 0.2) is 16.8 Å². The Labute approximate surface area is 198 Å². The van der Waals surface area contributed by atoms with Crippen LogP contribution in [0.5, 0.6) is 0 Å². The second kappa shape index (κ2) is 8.92. The van der Waals surface area contributed by atoms with E-state index in [2.05, 4.69) is 30.8 Å². The van der Waals surface area contributed by atoms with Gasteiger partial charge in [0.05, 0.1) is 25.5 Å². The minimum atomic E-state index is -0.272. The monoisotopic (exact) mass is 456 g/mol. The lowest BCUT2D eigenvalue weighted by Crippen LogP contribution is -2.51. The van der Waals surface area contributed by atoms with Gasteiger partial charge in [-0.2, -0.15) is 0 Å². The van der Waals surface area contributed by atoms with Crippen molar-refractivity contribution in [3.05, 3.63) is 11.6 Å². The first kappa shape index (κ1) is 23.2. The highest BCUT2D eigenvalue weighted by Crippen LogP contribution is 2.66. The van der Waals surface area contributed by atoms with Gasteiger partial charge in [-0.05, 0) is 86.5 Å². The van der Waals surface area contributed by atoms with Crippen molar-refractivity contribution in [2.45, 2.75) is 72.1 Å². The molecule has 1 saturated heterocycles. The third-order valence-corrected chi connectivity index (χ3v) is 10.2. The molecule has 6 nitrogen and oxygen atoms in total. The molecule has 6 atom stereocenters. The van der Waals surface area contributed by atoms with Crippen molar-refractivity contribution in [1.29, 1.82) is 0 Å². The fourth-order valence-electron chi connectivity index (χ4n) is 8.40. The van der Waals surface area contributed by atoms with E-state index in [1.807, 2.05) is 6.08 Å². The van der Waals surface area contributed by atoms with Crippen molar-refractivity contribution in [2.24, 2.45) is 39.7 Å². The molecule has 5 aliphatic rings. The van der Waals surface area contributed by atoms with E-state index in [0.29, 0.717) is 36.8 Å². The summed E-state index contributed by atoms with van der Waals surface area (Å²) < 4.78 is 5.35. The molecular formula is C27H40N2O4. The number of hydrogen-bond acceptors (Lipinski definition) is 6. The highest BCUT2D eigenvalue weighted by Gasteiger charge is 2.59. The van der Waals surface area contributed by atoms with Crippen molar-refractivity contribution in [3.8, 4) is 0 Å². The van der Waals surface area contributed by atoms with Crippen LogP contribution in [0.2, 0.25) is 0 Å². The van der Waals surface area contributed by atoms with Crippen LogP contribution in [-0.2, 0) is 19.2 Å². The third kappa shape index (κ3) is 4.12. The predicted octanol–water partition coefficient (Wildman–Crippen LogP) is 4.39. The first-order valence-corrected chi connectivity index (χ1v) is 13.1. The van der Waals surface area contributed by atoms with E-state index < -0.39 is 0 Å². The van der Waals surface area contributed by atoms with Crippen LogP contribution < -0.4 is 0 Å². The van der Waals surface area contributed by atoms with Crippen LogP contribution in [0, 0.1) is 34.5 Å². The van der Waals surface area contributed by atoms with Gasteiger partial charge in [-0.3, -0.25) is 9.69 Å². The molecule has 6 heteroatoms. The van der Waals surface area contributed by atoms with E-state index in [9.17, 15) is 9.59 Å². The van der Waals surface area contributed by atoms with Crippen LogP contribution in [0.3, 0.4) is 0 Å². The van der Waals surface area contributed by atoms with Crippen molar-refractivity contribution >= 4 is 17.5 Å². The molecule has 0 unspecified atom stereocenters. The molecular weight excluding hydrogens is 416 g/mol. The van der Waals surface area contributed by atoms with E-state index >= 15 is 0 Å². The molecule has 4 aliphatic carbocycles. The SMILES string of the molecule is C/C(=N\OC(=O)CN1CCOCC1)[C@H]1CC[C@H]2[C@@H]3CCC4=CC(=O)CC[C@]4(C)[C@H]3CC[C@]12C. The van der Waals surface area contributed by atoms with Crippen molar-refractivity contribution in [2.75, 3.05) is 32.8 Å². The fourth-order valence-corrected chi connectivity index (χ4v) is 8.40. The van der Waals surface area contributed by atoms with Crippen LogP contribution in [0.25, 0.3) is 0 Å². The van der Waals surface area contributed by atoms with Crippen molar-refractivity contribution < 1.29 is 19.2 Å². The van der Waals surface area contributed by atoms with E-state index in [-0.39, 0.29) is 23.3 Å². The second-order valence-electron chi connectivity index (χ2n) is 11.7. The van der Waals surface area contributed by atoms with E-state index in [1.54, 1.807) is 0 Å². The zero-order valence-electron chi connectivity index (χ0n) is 20.6. The van der Waals surface area contributed by atoms with Gasteiger partial charge in [-0.25, -0.2) is 4.79 Å². The highest BCUT2D eigenvalue weighted by atomic mass is 16.7. The summed E-state index contributed by atoms with van der Waals surface area (Å²) >= 11 is 0. The summed E-state index contributed by atoms with van der Waals surface area (Å²) in [5.41, 5.74) is 2.87. The largest absolute Gasteiger partial charge is 0.379 e. The van der Waals surface area contributed by atoms with Gasteiger partial charge in [0.2, 0.25) is 0 Å². The van der Waals surface area contributed by atoms with Crippen LogP contribution in [0.1, 0.15) is 72.1 Å². The molecule has 0 aromatic carbocycles. The lowest BCUT2D eigenvalue weighted by Gasteiger charge is -2.58. The summed E-state index contributed by atoms with van der Waals surface area (Å²) in [5, 5.41) is 4.36. The average molecular weight is 457 g/mol. The maximum Gasteiger partial charge on any atom is 0.348 e. The number of hydrogen-bond donors (Lipinski definition) is 0. The molecule has 182 valence electrons. The van der Waals surface area contributed by atoms with Crippen LogP contribution in [-0.4, -0.2) is 55.2 Å². The molecule has 0 amide bonds. The molecule has 1 heterocycles. The quantitative estimate of drug-likeness (QED) is 0.357. The number of carbonyl (C=O) groups is 2. The predicted molar refractivity (Wildman–Crippen MR) is 127 cm³/mol. The molecule has 0 spiro atoms. The highest BCUT2D eigenvalue weighted by molar-refractivity contribution is 5.91. The summed E-state index contributed by atoms with van der Waals surface area (Å²) in [6.07, 6.45) is 10.9. The van der Waals surface area contributed by atoms with Gasteiger partial charge in [0.25, 0.3) is 0 Å². The Bertz CT molecular complexity index is 860. The number of carbonyl (C=O) groups excluding carboxylic acids is 2. The van der Waals surface area contributed by atoms with Gasteiger partial charge in [0.1, 0.15) is 0 Å². The van der Waals surface area contributed by atoms with Gasteiger partial charge in [-0.15, -0.1) is 0 Å². The number of rotatable bonds is 4. The summed E-state index contributed by atoms with van der Waals surface area (Å²) in [6, 6.07) is 0. The Hall–Kier alpha value is -1.53. The number of oxime groups is 1. The Balaban J connectivity index is 1.26. The Morgan fingerprint density at radius 3 is 2.70 bits per heavy atom. The first-order valence-electron chi connectivity index (χ1n) is 13.1. The molecule has 4 fully saturated rings. The zero-order valence-corrected chi connectivity index (χ0v) is 20.6. The number of morpholine rings is 1. The Morgan fingerprint density at radius 2 is 1.91 bits per heavy atom. The van der Waals surface area contributed by atoms with E-state index in [1.165, 1.54) is 31.3 Å². The zero-order chi connectivity index (χ0) is 23.2. The van der Waals surface area contributed by atoms with E-state index in [0.717, 1.165) is 50.4 Å². The number of ether oxygens (including phenoxy) is 1. The number of fused-ring (bicyclic) bond motifs is 5. The minimum absolute atomic E-state index is 0.217. The normalized spacial score (nSPS) is 41.6. The molecule has 0 bridgehead atoms. The van der Waals surface area contributed by atoms with Gasteiger partial charge in [-0.1, -0.05) is 24.6 Å². The smallest absolute Gasteiger partial charge is 0.348 e. The molecule has 0 aromatic rings. The Kier molecular flexibility index (Phi) is 6.28. The maximum absolute atomic E-state index is 12.3. The number of allylic oxidation sites excluding steroid dienone is 1. The molecule has 1 aliphatic heterocycles. The molecule has 5 rings (SSSR count). The third-order valence-electron chi connectivity index (χ3n) is 10.2. The summed E-state index contributed by atoms with van der Waals surface area (Å²) in [7, 11) is 0. The minimum Gasteiger partial charge on any atom is -0.379 e. The van der Waals surface area contributed by atoms with E-state index in [4.69, 9.17) is 9.57 Å². The second-order valence-corrected chi connectivity index (χ2v) is 11.7. The summed E-state index contributed by atoms with van der Waals surface area (Å²) in [5.74, 6) is 2.58. The summed E-state index contributed by atoms with van der Waals surface area (Å²) in [4.78, 5) is 31.8. The molecule has 0 aromatic heterocycles.